The van der Waals surface area contributed by atoms with Crippen LogP contribution in [0.25, 0.3) is 0 Å². The smallest absolute Gasteiger partial charge is 0.342 e. The average Bonchev–Trinajstić information content (AvgIpc) is 3.18. The third-order valence-corrected chi connectivity index (χ3v) is 4.05. The molecule has 3 rings (SSSR count). The van der Waals surface area contributed by atoms with Crippen molar-refractivity contribution in [1.82, 2.24) is 10.4 Å². The molecule has 0 saturated heterocycles. The van der Waals surface area contributed by atoms with E-state index < -0.39 is 6.03 Å². The highest BCUT2D eigenvalue weighted by Gasteiger charge is 2.21. The van der Waals surface area contributed by atoms with Gasteiger partial charge in [-0.2, -0.15) is 5.06 Å². The molecule has 1 heterocycles. The first-order chi connectivity index (χ1) is 13.5. The van der Waals surface area contributed by atoms with Gasteiger partial charge >= 0.3 is 6.03 Å². The third-order valence-electron chi connectivity index (χ3n) is 4.05. The summed E-state index contributed by atoms with van der Waals surface area (Å²) in [6, 6.07) is 16.9. The molecule has 144 valence electrons. The Kier molecular flexibility index (Phi) is 6.30. The predicted molar refractivity (Wildman–Crippen MR) is 107 cm³/mol. The number of aliphatic imine (C=N–C) groups is 1. The highest BCUT2D eigenvalue weighted by molar-refractivity contribution is 5.95. The predicted octanol–water partition coefficient (Wildman–Crippen LogP) is 3.37. The summed E-state index contributed by atoms with van der Waals surface area (Å²) in [5, 5.41) is 12.8. The summed E-state index contributed by atoms with van der Waals surface area (Å²) in [5.41, 5.74) is 2.73. The molecule has 0 unspecified atom stereocenters. The van der Waals surface area contributed by atoms with Crippen LogP contribution in [-0.2, 0) is 4.74 Å². The quantitative estimate of drug-likeness (QED) is 0.487. The van der Waals surface area contributed by atoms with Crippen molar-refractivity contribution in [3.8, 4) is 11.8 Å². The van der Waals surface area contributed by atoms with Gasteiger partial charge in [0.1, 0.15) is 19.2 Å². The van der Waals surface area contributed by atoms with Crippen molar-refractivity contribution in [3.63, 3.8) is 0 Å². The lowest BCUT2D eigenvalue weighted by Gasteiger charge is -2.14. The van der Waals surface area contributed by atoms with E-state index in [9.17, 15) is 10.0 Å². The van der Waals surface area contributed by atoms with Gasteiger partial charge in [0.15, 0.2) is 0 Å². The first-order valence-corrected chi connectivity index (χ1v) is 9.14. The molecule has 6 nitrogen and oxygen atoms in total. The van der Waals surface area contributed by atoms with Crippen molar-refractivity contribution in [1.29, 1.82) is 0 Å². The highest BCUT2D eigenvalue weighted by atomic mass is 16.5. The number of hydrogen-bond acceptors (Lipinski definition) is 4. The van der Waals surface area contributed by atoms with Crippen LogP contribution in [-0.4, -0.2) is 41.4 Å². The van der Waals surface area contributed by atoms with Crippen molar-refractivity contribution in [2.45, 2.75) is 25.9 Å². The minimum Gasteiger partial charge on any atom is -0.475 e. The lowest BCUT2D eigenvalue weighted by atomic mass is 10.1. The molecule has 2 aromatic carbocycles. The van der Waals surface area contributed by atoms with E-state index in [4.69, 9.17) is 4.74 Å². The molecule has 0 aromatic heterocycles. The largest absolute Gasteiger partial charge is 0.475 e. The Morgan fingerprint density at radius 3 is 2.82 bits per heavy atom. The zero-order chi connectivity index (χ0) is 19.9. The second-order valence-electron chi connectivity index (χ2n) is 6.72. The van der Waals surface area contributed by atoms with E-state index in [1.54, 1.807) is 0 Å². The summed E-state index contributed by atoms with van der Waals surface area (Å²) in [4.78, 5) is 16.3. The number of hydrogen-bond donors (Lipinski definition) is 2. The van der Waals surface area contributed by atoms with Crippen molar-refractivity contribution in [3.05, 3.63) is 71.3 Å². The summed E-state index contributed by atoms with van der Waals surface area (Å²) in [5.74, 6) is 6.34. The fourth-order valence-corrected chi connectivity index (χ4v) is 2.72. The molecule has 1 atom stereocenters. The Hall–Kier alpha value is -3.30. The molecule has 0 saturated carbocycles. The van der Waals surface area contributed by atoms with Crippen LogP contribution in [0.4, 0.5) is 4.79 Å². The van der Waals surface area contributed by atoms with E-state index in [-0.39, 0.29) is 18.6 Å². The van der Waals surface area contributed by atoms with Crippen molar-refractivity contribution in [2.75, 3.05) is 13.2 Å². The molecule has 1 aliphatic rings. The summed E-state index contributed by atoms with van der Waals surface area (Å²) in [7, 11) is 0. The van der Waals surface area contributed by atoms with Crippen LogP contribution in [0.2, 0.25) is 0 Å². The monoisotopic (exact) mass is 377 g/mol. The van der Waals surface area contributed by atoms with E-state index in [1.165, 1.54) is 0 Å². The number of carbonyl (C=O) groups excluding carboxylic acids is 1. The fourth-order valence-electron chi connectivity index (χ4n) is 2.72. The molecule has 6 heteroatoms. The maximum atomic E-state index is 11.6. The molecule has 28 heavy (non-hydrogen) atoms. The van der Waals surface area contributed by atoms with Gasteiger partial charge in [0, 0.05) is 17.2 Å². The second kappa shape index (κ2) is 9.07. The molecular formula is C22H23N3O3. The summed E-state index contributed by atoms with van der Waals surface area (Å²) >= 11 is 0. The molecule has 0 spiro atoms. The van der Waals surface area contributed by atoms with Crippen LogP contribution in [0.3, 0.4) is 0 Å². The number of urea groups is 1. The van der Waals surface area contributed by atoms with Crippen molar-refractivity contribution in [2.24, 2.45) is 4.99 Å². The van der Waals surface area contributed by atoms with E-state index in [2.05, 4.69) is 22.2 Å². The number of carbonyl (C=O) groups is 1. The standard InChI is InChI=1S/C22H23N3O3/c1-16(2)23-22(26)25(27)13-7-9-17-8-6-12-19(14-17)21-24-20(15-28-21)18-10-4-3-5-11-18/h3-6,8,10-12,14,16,20,27H,13,15H2,1-2H3,(H,23,26)/t20-/m0/s1. The van der Waals surface area contributed by atoms with Gasteiger partial charge in [-0.15, -0.1) is 0 Å². The summed E-state index contributed by atoms with van der Waals surface area (Å²) in [6.45, 7) is 4.06. The molecule has 0 fully saturated rings. The van der Waals surface area contributed by atoms with E-state index in [1.807, 2.05) is 68.4 Å². The van der Waals surface area contributed by atoms with Gasteiger partial charge in [-0.25, -0.2) is 9.79 Å². The van der Waals surface area contributed by atoms with Crippen LogP contribution in [0.5, 0.6) is 0 Å². The van der Waals surface area contributed by atoms with Gasteiger partial charge in [-0.1, -0.05) is 48.2 Å². The maximum Gasteiger partial charge on any atom is 0.342 e. The average molecular weight is 377 g/mol. The highest BCUT2D eigenvalue weighted by Crippen LogP contribution is 2.25. The number of nitrogens with zero attached hydrogens (tertiary/aromatic N) is 2. The van der Waals surface area contributed by atoms with Crippen LogP contribution >= 0.6 is 0 Å². The summed E-state index contributed by atoms with van der Waals surface area (Å²) in [6.07, 6.45) is 0. The van der Waals surface area contributed by atoms with E-state index in [0.717, 1.165) is 16.7 Å². The molecule has 1 aliphatic heterocycles. The number of benzene rings is 2. The fraction of sp³-hybridized carbons (Fsp3) is 0.273. The van der Waals surface area contributed by atoms with Crippen LogP contribution in [0, 0.1) is 11.8 Å². The Labute approximate surface area is 164 Å². The number of ether oxygens (including phenoxy) is 1. The zero-order valence-electron chi connectivity index (χ0n) is 15.9. The van der Waals surface area contributed by atoms with Gasteiger partial charge in [0.2, 0.25) is 5.90 Å². The first kappa shape index (κ1) is 19.5. The Bertz CT molecular complexity index is 913. The molecular weight excluding hydrogens is 354 g/mol. The maximum absolute atomic E-state index is 11.6. The number of nitrogens with one attached hydrogen (secondary N) is 1. The Balaban J connectivity index is 1.66. The number of rotatable bonds is 4. The van der Waals surface area contributed by atoms with E-state index >= 15 is 0 Å². The molecule has 2 aromatic rings. The normalized spacial score (nSPS) is 15.3. The van der Waals surface area contributed by atoms with Gasteiger partial charge in [-0.05, 0) is 37.6 Å². The SMILES string of the molecule is CC(C)NC(=O)N(O)CC#Cc1cccc(C2=N[C@H](c3ccccc3)CO2)c1. The van der Waals surface area contributed by atoms with Gasteiger partial charge in [0.05, 0.1) is 0 Å². The Morgan fingerprint density at radius 2 is 2.07 bits per heavy atom. The number of amides is 2. The Morgan fingerprint density at radius 1 is 1.29 bits per heavy atom. The summed E-state index contributed by atoms with van der Waals surface area (Å²) < 4.78 is 5.77. The molecule has 0 bridgehead atoms. The van der Waals surface area contributed by atoms with Gasteiger partial charge < -0.3 is 10.1 Å². The first-order valence-electron chi connectivity index (χ1n) is 9.14. The van der Waals surface area contributed by atoms with Crippen LogP contribution < -0.4 is 5.32 Å². The van der Waals surface area contributed by atoms with Gasteiger partial charge in [0.25, 0.3) is 0 Å². The lowest BCUT2D eigenvalue weighted by molar-refractivity contribution is -0.0316. The molecule has 2 amide bonds. The topological polar surface area (TPSA) is 74.2 Å². The lowest BCUT2D eigenvalue weighted by Crippen LogP contribution is -2.41. The van der Waals surface area contributed by atoms with Crippen LogP contribution in [0.15, 0.2) is 59.6 Å². The molecule has 0 radical (unpaired) electrons. The number of hydroxylamine groups is 2. The third kappa shape index (κ3) is 5.12. The molecule has 0 aliphatic carbocycles. The minimum atomic E-state index is -0.571. The zero-order valence-corrected chi connectivity index (χ0v) is 15.9. The second-order valence-corrected chi connectivity index (χ2v) is 6.72. The van der Waals surface area contributed by atoms with Crippen molar-refractivity contribution < 1.29 is 14.7 Å². The van der Waals surface area contributed by atoms with Crippen LogP contribution in [0.1, 0.15) is 36.6 Å². The van der Waals surface area contributed by atoms with Crippen molar-refractivity contribution >= 4 is 11.9 Å². The van der Waals surface area contributed by atoms with Gasteiger partial charge in [-0.3, -0.25) is 5.21 Å². The van der Waals surface area contributed by atoms with E-state index in [0.29, 0.717) is 17.6 Å². The minimum absolute atomic E-state index is 0.00615. The molecule has 2 N–H and O–H groups in total.